The maximum atomic E-state index is 14.7. The summed E-state index contributed by atoms with van der Waals surface area (Å²) in [5.41, 5.74) is -6.07. The number of Topliss-reactive ketones (excluding diaryl/α,β-unsaturated/α-hetero) is 1. The van der Waals surface area contributed by atoms with Gasteiger partial charge in [0.25, 0.3) is 0 Å². The van der Waals surface area contributed by atoms with Crippen LogP contribution in [0.15, 0.2) is 45.8 Å². The Labute approximate surface area is 237 Å². The summed E-state index contributed by atoms with van der Waals surface area (Å²) in [6.07, 6.45) is 2.69. The number of furan rings is 1. The number of carbonyl (C=O) groups excluding carboxylic acids is 4. The molecule has 6 rings (SSSR count). The number of esters is 3. The molecule has 2 heterocycles. The lowest BCUT2D eigenvalue weighted by atomic mass is 9.44. The highest BCUT2D eigenvalue weighted by Crippen LogP contribution is 2.79. The van der Waals surface area contributed by atoms with Crippen molar-refractivity contribution in [3.05, 3.63) is 47.0 Å². The standard InChI is InChI=1S/C31H36O10/c1-15(2)25(35)41-26-28(4)14-30(36)29(5,19(28)12-20(32)38-6)17-7-9-27(3)18(22(17)23(34)31(26,30)37)11-21(33)40-24(27)16-8-10-39-13-16/h8,10-11,13,15,19,24,26,36-37H,7,9,12,14H2,1-6H3. The van der Waals surface area contributed by atoms with E-state index in [2.05, 4.69) is 0 Å². The van der Waals surface area contributed by atoms with Crippen molar-refractivity contribution in [2.75, 3.05) is 7.11 Å². The Bertz CT molecular complexity index is 1440. The molecule has 1 aliphatic heterocycles. The number of cyclic esters (lactones) is 1. The molecule has 2 bridgehead atoms. The number of fused-ring (bicyclic) bond motifs is 4. The second-order valence-electron chi connectivity index (χ2n) is 13.3. The number of aliphatic hydroxyl groups is 2. The first kappa shape index (κ1) is 27.9. The van der Waals surface area contributed by atoms with Gasteiger partial charge in [0.05, 0.1) is 25.6 Å². The maximum Gasteiger partial charge on any atom is 0.331 e. The Morgan fingerprint density at radius 1 is 1.17 bits per heavy atom. The van der Waals surface area contributed by atoms with E-state index in [4.69, 9.17) is 18.6 Å². The third-order valence-electron chi connectivity index (χ3n) is 11.1. The predicted octanol–water partition coefficient (Wildman–Crippen LogP) is 3.12. The van der Waals surface area contributed by atoms with Gasteiger partial charge in [-0.1, -0.05) is 34.6 Å². The van der Waals surface area contributed by atoms with Gasteiger partial charge in [-0.3, -0.25) is 14.4 Å². The third kappa shape index (κ3) is 3.10. The van der Waals surface area contributed by atoms with Gasteiger partial charge in [0, 0.05) is 39.9 Å². The molecular formula is C31H36O10. The molecule has 5 aliphatic rings. The lowest BCUT2D eigenvalue weighted by Gasteiger charge is -2.63. The summed E-state index contributed by atoms with van der Waals surface area (Å²) < 4.78 is 22.0. The lowest BCUT2D eigenvalue weighted by molar-refractivity contribution is -0.251. The predicted molar refractivity (Wildman–Crippen MR) is 141 cm³/mol. The van der Waals surface area contributed by atoms with Crippen molar-refractivity contribution in [1.82, 2.24) is 0 Å². The van der Waals surface area contributed by atoms with E-state index in [9.17, 15) is 29.4 Å². The van der Waals surface area contributed by atoms with E-state index < -0.39 is 75.2 Å². The minimum atomic E-state index is -2.52. The molecule has 0 saturated heterocycles. The molecule has 2 N–H and O–H groups in total. The molecular weight excluding hydrogens is 532 g/mol. The van der Waals surface area contributed by atoms with Crippen LogP contribution in [0.2, 0.25) is 0 Å². The summed E-state index contributed by atoms with van der Waals surface area (Å²) >= 11 is 0. The normalized spacial score (nSPS) is 42.5. The van der Waals surface area contributed by atoms with E-state index in [-0.39, 0.29) is 18.4 Å². The van der Waals surface area contributed by atoms with Gasteiger partial charge >= 0.3 is 17.9 Å². The quantitative estimate of drug-likeness (QED) is 0.401. The number of methoxy groups -OCH3 is 1. The molecule has 4 aliphatic carbocycles. The Morgan fingerprint density at radius 2 is 1.88 bits per heavy atom. The molecule has 8 unspecified atom stereocenters. The number of rotatable bonds is 5. The minimum Gasteiger partial charge on any atom is -0.472 e. The molecule has 1 aromatic rings. The number of ketones is 1. The lowest BCUT2D eigenvalue weighted by Crippen LogP contribution is -2.76. The summed E-state index contributed by atoms with van der Waals surface area (Å²) in [5, 5.41) is 25.0. The van der Waals surface area contributed by atoms with Crippen molar-refractivity contribution in [3.8, 4) is 0 Å². The van der Waals surface area contributed by atoms with Crippen LogP contribution in [-0.2, 0) is 33.4 Å². The van der Waals surface area contributed by atoms with Crippen molar-refractivity contribution in [2.24, 2.45) is 28.1 Å². The van der Waals surface area contributed by atoms with E-state index >= 15 is 0 Å². The summed E-state index contributed by atoms with van der Waals surface area (Å²) in [6.45, 7) is 8.70. The fourth-order valence-corrected chi connectivity index (χ4v) is 9.06. The average Bonchev–Trinajstić information content (AvgIpc) is 3.55. The second-order valence-corrected chi connectivity index (χ2v) is 13.3. The first-order chi connectivity index (χ1) is 19.1. The summed E-state index contributed by atoms with van der Waals surface area (Å²) in [6, 6.07) is 1.70. The van der Waals surface area contributed by atoms with E-state index in [0.29, 0.717) is 29.6 Å². The van der Waals surface area contributed by atoms with Crippen LogP contribution in [0.3, 0.4) is 0 Å². The summed E-state index contributed by atoms with van der Waals surface area (Å²) in [4.78, 5) is 53.4. The summed E-state index contributed by atoms with van der Waals surface area (Å²) in [5.74, 6) is -3.82. The van der Waals surface area contributed by atoms with Crippen molar-refractivity contribution < 1.29 is 48.0 Å². The largest absolute Gasteiger partial charge is 0.472 e. The van der Waals surface area contributed by atoms with E-state index in [0.717, 1.165) is 0 Å². The first-order valence-corrected chi connectivity index (χ1v) is 14.1. The number of carbonyl (C=O) groups is 4. The van der Waals surface area contributed by atoms with E-state index in [1.807, 2.05) is 6.92 Å². The highest BCUT2D eigenvalue weighted by molar-refractivity contribution is 6.11. The monoisotopic (exact) mass is 568 g/mol. The van der Waals surface area contributed by atoms with Crippen molar-refractivity contribution >= 4 is 23.7 Å². The van der Waals surface area contributed by atoms with Gasteiger partial charge in [-0.15, -0.1) is 0 Å². The third-order valence-corrected chi connectivity index (χ3v) is 11.1. The van der Waals surface area contributed by atoms with Gasteiger partial charge in [0.1, 0.15) is 17.8 Å². The molecule has 220 valence electrons. The van der Waals surface area contributed by atoms with E-state index in [1.165, 1.54) is 25.7 Å². The first-order valence-electron chi connectivity index (χ1n) is 14.1. The molecule has 0 amide bonds. The fourth-order valence-electron chi connectivity index (χ4n) is 9.06. The van der Waals surface area contributed by atoms with Crippen LogP contribution in [0.25, 0.3) is 0 Å². The molecule has 0 aromatic carbocycles. The Morgan fingerprint density at radius 3 is 2.49 bits per heavy atom. The van der Waals surface area contributed by atoms with E-state index in [1.54, 1.807) is 33.8 Å². The van der Waals surface area contributed by atoms with Crippen LogP contribution in [0.1, 0.15) is 72.0 Å². The van der Waals surface area contributed by atoms with Crippen LogP contribution >= 0.6 is 0 Å². The highest BCUT2D eigenvalue weighted by atomic mass is 16.6. The molecule has 41 heavy (non-hydrogen) atoms. The van der Waals surface area contributed by atoms with Crippen LogP contribution in [0, 0.1) is 28.1 Å². The van der Waals surface area contributed by atoms with Crippen molar-refractivity contribution in [3.63, 3.8) is 0 Å². The molecule has 1 aromatic heterocycles. The van der Waals surface area contributed by atoms with Crippen LogP contribution in [0.5, 0.6) is 0 Å². The number of ether oxygens (including phenoxy) is 3. The second kappa shape index (κ2) is 8.41. The molecule has 8 atom stereocenters. The van der Waals surface area contributed by atoms with Gasteiger partial charge in [0.2, 0.25) is 5.78 Å². The van der Waals surface area contributed by atoms with Crippen molar-refractivity contribution in [1.29, 1.82) is 0 Å². The molecule has 10 nitrogen and oxygen atoms in total. The zero-order valence-corrected chi connectivity index (χ0v) is 24.1. The minimum absolute atomic E-state index is 0.0662. The van der Waals surface area contributed by atoms with Crippen LogP contribution in [-0.4, -0.2) is 58.3 Å². The van der Waals surface area contributed by atoms with Crippen LogP contribution in [0.4, 0.5) is 0 Å². The highest BCUT2D eigenvalue weighted by Gasteiger charge is 2.89. The Kier molecular flexibility index (Phi) is 5.72. The number of hydrogen-bond donors (Lipinski definition) is 2. The number of hydrogen-bond acceptors (Lipinski definition) is 10. The molecule has 0 spiro atoms. The smallest absolute Gasteiger partial charge is 0.331 e. The van der Waals surface area contributed by atoms with Crippen LogP contribution < -0.4 is 0 Å². The molecule has 2 fully saturated rings. The fraction of sp³-hybridized carbons (Fsp3) is 0.613. The van der Waals surface area contributed by atoms with Gasteiger partial charge in [-0.2, -0.15) is 0 Å². The Hall–Kier alpha value is -3.24. The molecule has 10 heteroatoms. The molecule has 0 radical (unpaired) electrons. The Balaban J connectivity index is 1.61. The topological polar surface area (TPSA) is 150 Å². The van der Waals surface area contributed by atoms with Crippen molar-refractivity contribution in [2.45, 2.75) is 83.7 Å². The summed E-state index contributed by atoms with van der Waals surface area (Å²) in [7, 11) is 1.27. The molecule has 2 saturated carbocycles. The van der Waals surface area contributed by atoms with Gasteiger partial charge in [-0.25, -0.2) is 4.79 Å². The van der Waals surface area contributed by atoms with Gasteiger partial charge < -0.3 is 28.8 Å². The average molecular weight is 569 g/mol. The zero-order valence-electron chi connectivity index (χ0n) is 24.1. The van der Waals surface area contributed by atoms with Gasteiger partial charge in [-0.05, 0) is 42.4 Å². The van der Waals surface area contributed by atoms with Gasteiger partial charge in [0.15, 0.2) is 5.60 Å². The SMILES string of the molecule is COC(=O)CC1C2(C)CC3(O)C1(C)C1=C(C(=O)C3(O)C2OC(=O)C(C)C)C2=CC(=O)OC(c3ccoc3)C2(C)CC1. The zero-order chi connectivity index (χ0) is 29.9. The maximum absolute atomic E-state index is 14.7.